The van der Waals surface area contributed by atoms with E-state index >= 15 is 0 Å². The number of amides is 2. The highest BCUT2D eigenvalue weighted by molar-refractivity contribution is 6.03. The van der Waals surface area contributed by atoms with E-state index in [9.17, 15) is 14.0 Å². The maximum Gasteiger partial charge on any atom is 0.338 e. The molecule has 0 fully saturated rings. The van der Waals surface area contributed by atoms with Crippen LogP contribution < -0.4 is 15.0 Å². The topological polar surface area (TPSA) is 77.1 Å². The van der Waals surface area contributed by atoms with E-state index in [1.807, 2.05) is 0 Å². The second-order valence-corrected chi connectivity index (χ2v) is 6.60. The molecule has 1 N–H and O–H groups in total. The maximum absolute atomic E-state index is 13.8. The summed E-state index contributed by atoms with van der Waals surface area (Å²) in [6.07, 6.45) is 0. The summed E-state index contributed by atoms with van der Waals surface area (Å²) in [5.74, 6) is -0.448. The molecule has 158 valence electrons. The summed E-state index contributed by atoms with van der Waals surface area (Å²) in [6, 6.07) is 11.3. The molecule has 0 saturated heterocycles. The zero-order valence-corrected chi connectivity index (χ0v) is 17.0. The lowest BCUT2D eigenvalue weighted by atomic mass is 9.94. The summed E-state index contributed by atoms with van der Waals surface area (Å²) in [4.78, 5) is 27.2. The Bertz CT molecular complexity index is 958. The van der Waals surface area contributed by atoms with Crippen molar-refractivity contribution >= 4 is 17.7 Å². The largest absolute Gasteiger partial charge is 0.497 e. The molecule has 2 aromatic rings. The summed E-state index contributed by atoms with van der Waals surface area (Å²) < 4.78 is 29.2. The molecule has 7 nitrogen and oxygen atoms in total. The van der Waals surface area contributed by atoms with Crippen LogP contribution in [0.3, 0.4) is 0 Å². The van der Waals surface area contributed by atoms with Crippen LogP contribution in [0.25, 0.3) is 0 Å². The average Bonchev–Trinajstić information content (AvgIpc) is 2.74. The van der Waals surface area contributed by atoms with E-state index in [1.54, 1.807) is 44.4 Å². The van der Waals surface area contributed by atoms with Gasteiger partial charge in [0.2, 0.25) is 0 Å². The van der Waals surface area contributed by atoms with Crippen molar-refractivity contribution < 1.29 is 28.2 Å². The normalized spacial score (nSPS) is 16.3. The third kappa shape index (κ3) is 4.44. The lowest BCUT2D eigenvalue weighted by molar-refractivity contribution is -0.140. The van der Waals surface area contributed by atoms with Crippen molar-refractivity contribution in [3.8, 4) is 5.75 Å². The summed E-state index contributed by atoms with van der Waals surface area (Å²) in [5, 5.41) is 2.79. The fourth-order valence-corrected chi connectivity index (χ4v) is 3.28. The average molecular weight is 414 g/mol. The number of nitrogens with zero attached hydrogens (tertiary/aromatic N) is 1. The number of carbonyl (C=O) groups excluding carboxylic acids is 2. The van der Waals surface area contributed by atoms with Gasteiger partial charge in [-0.2, -0.15) is 0 Å². The van der Waals surface area contributed by atoms with Gasteiger partial charge >= 0.3 is 12.0 Å². The van der Waals surface area contributed by atoms with Crippen LogP contribution >= 0.6 is 0 Å². The van der Waals surface area contributed by atoms with Crippen LogP contribution in [0.15, 0.2) is 59.8 Å². The molecule has 0 saturated carbocycles. The first-order valence-corrected chi connectivity index (χ1v) is 9.33. The van der Waals surface area contributed by atoms with Gasteiger partial charge in [-0.05, 0) is 48.9 Å². The van der Waals surface area contributed by atoms with Crippen molar-refractivity contribution in [3.63, 3.8) is 0 Å². The van der Waals surface area contributed by atoms with Crippen molar-refractivity contribution in [2.45, 2.75) is 13.0 Å². The molecule has 1 atom stereocenters. The van der Waals surface area contributed by atoms with Crippen LogP contribution in [0.2, 0.25) is 0 Å². The summed E-state index contributed by atoms with van der Waals surface area (Å²) in [6.45, 7) is 1.94. The molecule has 0 unspecified atom stereocenters. The summed E-state index contributed by atoms with van der Waals surface area (Å²) >= 11 is 0. The van der Waals surface area contributed by atoms with Crippen LogP contribution in [0.1, 0.15) is 18.5 Å². The molecular weight excluding hydrogens is 391 g/mol. The van der Waals surface area contributed by atoms with E-state index in [0.29, 0.717) is 22.7 Å². The Balaban J connectivity index is 2.05. The Morgan fingerprint density at radius 2 is 1.87 bits per heavy atom. The lowest BCUT2D eigenvalue weighted by Gasteiger charge is -2.35. The second kappa shape index (κ2) is 9.41. The van der Waals surface area contributed by atoms with Crippen molar-refractivity contribution in [3.05, 3.63) is 71.2 Å². The van der Waals surface area contributed by atoms with Crippen LogP contribution in [-0.4, -0.2) is 39.4 Å². The monoisotopic (exact) mass is 414 g/mol. The number of allylic oxidation sites excluding steroid dienone is 1. The maximum atomic E-state index is 13.8. The van der Waals surface area contributed by atoms with E-state index in [2.05, 4.69) is 5.32 Å². The summed E-state index contributed by atoms with van der Waals surface area (Å²) in [7, 11) is 3.05. The van der Waals surface area contributed by atoms with Gasteiger partial charge in [-0.1, -0.05) is 12.1 Å². The molecular formula is C22H23FN2O5. The zero-order valence-electron chi connectivity index (χ0n) is 17.0. The first kappa shape index (κ1) is 21.3. The number of carbonyl (C=O) groups is 2. The number of benzene rings is 2. The fourth-order valence-electron chi connectivity index (χ4n) is 3.28. The first-order chi connectivity index (χ1) is 14.5. The lowest BCUT2D eigenvalue weighted by Crippen LogP contribution is -2.48. The number of anilines is 1. The fraction of sp³-hybridized carbons (Fsp3) is 0.273. The number of urea groups is 1. The zero-order chi connectivity index (χ0) is 21.7. The minimum atomic E-state index is -0.849. The van der Waals surface area contributed by atoms with Crippen LogP contribution in [0.4, 0.5) is 14.9 Å². The smallest absolute Gasteiger partial charge is 0.338 e. The molecule has 8 heteroatoms. The van der Waals surface area contributed by atoms with Gasteiger partial charge in [0.05, 0.1) is 31.0 Å². The highest BCUT2D eigenvalue weighted by Crippen LogP contribution is 2.34. The molecule has 2 aromatic carbocycles. The molecule has 0 radical (unpaired) electrons. The van der Waals surface area contributed by atoms with Gasteiger partial charge in [0.15, 0.2) is 0 Å². The van der Waals surface area contributed by atoms with Crippen molar-refractivity contribution in [2.75, 3.05) is 32.3 Å². The molecule has 0 aromatic heterocycles. The number of esters is 1. The molecule has 1 aliphatic rings. The quantitative estimate of drug-likeness (QED) is 0.554. The Hall–Kier alpha value is -3.39. The predicted molar refractivity (Wildman–Crippen MR) is 109 cm³/mol. The van der Waals surface area contributed by atoms with Gasteiger partial charge in [0.1, 0.15) is 18.2 Å². The minimum absolute atomic E-state index is 0.0540. The number of nitrogens with one attached hydrogen (secondary N) is 1. The molecule has 1 heterocycles. The number of rotatable bonds is 7. The number of hydrogen-bond acceptors (Lipinski definition) is 5. The van der Waals surface area contributed by atoms with E-state index in [-0.39, 0.29) is 18.8 Å². The van der Waals surface area contributed by atoms with Crippen molar-refractivity contribution in [2.24, 2.45) is 0 Å². The Morgan fingerprint density at radius 1 is 1.13 bits per heavy atom. The van der Waals surface area contributed by atoms with E-state index in [1.165, 1.54) is 30.2 Å². The second-order valence-electron chi connectivity index (χ2n) is 6.60. The van der Waals surface area contributed by atoms with Gasteiger partial charge in [-0.15, -0.1) is 0 Å². The Morgan fingerprint density at radius 3 is 2.50 bits per heavy atom. The van der Waals surface area contributed by atoms with Crippen LogP contribution in [0.5, 0.6) is 5.75 Å². The molecule has 30 heavy (non-hydrogen) atoms. The van der Waals surface area contributed by atoms with Gasteiger partial charge in [-0.3, -0.25) is 4.90 Å². The Kier molecular flexibility index (Phi) is 6.68. The standard InChI is InChI=1S/C22H23FN2O5/c1-14-19(21(26)30-12-11-28-2)20(15-5-4-6-16(23)13-15)24-22(27)25(14)17-7-9-18(29-3)10-8-17/h4-10,13,20H,11-12H2,1-3H3,(H,24,27)/t20-/m1/s1. The highest BCUT2D eigenvalue weighted by atomic mass is 19.1. The third-order valence-electron chi connectivity index (χ3n) is 4.74. The molecule has 0 bridgehead atoms. The molecule has 0 spiro atoms. The molecule has 1 aliphatic heterocycles. The molecule has 3 rings (SSSR count). The molecule has 0 aliphatic carbocycles. The van der Waals surface area contributed by atoms with E-state index in [4.69, 9.17) is 14.2 Å². The SMILES string of the molecule is COCCOC(=O)C1=C(C)N(c2ccc(OC)cc2)C(=O)N[C@@H]1c1cccc(F)c1. The van der Waals surface area contributed by atoms with Gasteiger partial charge in [0, 0.05) is 12.8 Å². The van der Waals surface area contributed by atoms with Crippen LogP contribution in [-0.2, 0) is 14.3 Å². The van der Waals surface area contributed by atoms with Gasteiger partial charge in [-0.25, -0.2) is 14.0 Å². The van der Waals surface area contributed by atoms with Gasteiger partial charge in [0.25, 0.3) is 0 Å². The predicted octanol–water partition coefficient (Wildman–Crippen LogP) is 3.57. The number of methoxy groups -OCH3 is 2. The minimum Gasteiger partial charge on any atom is -0.497 e. The number of halogens is 1. The van der Waals surface area contributed by atoms with E-state index < -0.39 is 23.9 Å². The highest BCUT2D eigenvalue weighted by Gasteiger charge is 2.37. The van der Waals surface area contributed by atoms with Crippen LogP contribution in [0, 0.1) is 5.82 Å². The number of hydrogen-bond donors (Lipinski definition) is 1. The summed E-state index contributed by atoms with van der Waals surface area (Å²) in [5.41, 5.74) is 1.59. The third-order valence-corrected chi connectivity index (χ3v) is 4.74. The van der Waals surface area contributed by atoms with Crippen molar-refractivity contribution in [1.29, 1.82) is 0 Å². The Labute approximate surface area is 174 Å². The van der Waals surface area contributed by atoms with Crippen molar-refractivity contribution in [1.82, 2.24) is 5.32 Å². The van der Waals surface area contributed by atoms with Gasteiger partial charge < -0.3 is 19.5 Å². The number of ether oxygens (including phenoxy) is 3. The molecule has 2 amide bonds. The first-order valence-electron chi connectivity index (χ1n) is 9.33. The van der Waals surface area contributed by atoms with E-state index in [0.717, 1.165) is 0 Å².